The van der Waals surface area contributed by atoms with Crippen molar-refractivity contribution >= 4 is 15.9 Å². The molecule has 1 aromatic heterocycles. The van der Waals surface area contributed by atoms with E-state index in [1.165, 1.54) is 5.69 Å². The zero-order chi connectivity index (χ0) is 12.3. The van der Waals surface area contributed by atoms with Crippen LogP contribution in [0, 0.1) is 0 Å². The molecule has 1 N–H and O–H groups in total. The molecule has 0 aliphatic heterocycles. The summed E-state index contributed by atoms with van der Waals surface area (Å²) < 4.78 is 3.05. The summed E-state index contributed by atoms with van der Waals surface area (Å²) >= 11 is 3.56. The summed E-state index contributed by atoms with van der Waals surface area (Å²) in [4.78, 5) is 0. The lowest BCUT2D eigenvalue weighted by molar-refractivity contribution is 0.633. The van der Waals surface area contributed by atoms with Gasteiger partial charge < -0.3 is 5.32 Å². The Morgan fingerprint density at radius 2 is 2.12 bits per heavy atom. The van der Waals surface area contributed by atoms with Gasteiger partial charge in [0.2, 0.25) is 0 Å². The van der Waals surface area contributed by atoms with Gasteiger partial charge in [0.25, 0.3) is 0 Å². The lowest BCUT2D eigenvalue weighted by atomic mass is 10.1. The zero-order valence-corrected chi connectivity index (χ0v) is 11.6. The van der Waals surface area contributed by atoms with E-state index in [4.69, 9.17) is 0 Å². The molecule has 0 radical (unpaired) electrons. The van der Waals surface area contributed by atoms with Crippen molar-refractivity contribution in [2.45, 2.75) is 12.8 Å². The van der Waals surface area contributed by atoms with Gasteiger partial charge in [-0.15, -0.1) is 0 Å². The fourth-order valence-corrected chi connectivity index (χ4v) is 2.37. The highest BCUT2D eigenvalue weighted by atomic mass is 79.9. The zero-order valence-electron chi connectivity index (χ0n) is 10.0. The molecule has 2 aromatic rings. The van der Waals surface area contributed by atoms with E-state index in [0.29, 0.717) is 5.92 Å². The molecule has 1 aromatic carbocycles. The molecule has 0 aliphatic rings. The van der Waals surface area contributed by atoms with Gasteiger partial charge in [0.05, 0.1) is 5.69 Å². The van der Waals surface area contributed by atoms with Gasteiger partial charge in [-0.25, -0.2) is 4.68 Å². The Morgan fingerprint density at radius 1 is 1.35 bits per heavy atom. The topological polar surface area (TPSA) is 29.9 Å². The molecule has 1 atom stereocenters. The van der Waals surface area contributed by atoms with Crippen LogP contribution in [-0.4, -0.2) is 23.4 Å². The molecule has 0 saturated carbocycles. The third-order valence-corrected chi connectivity index (χ3v) is 3.44. The predicted octanol–water partition coefficient (Wildman–Crippen LogP) is 2.96. The molecular formula is C13H16BrN3. The predicted molar refractivity (Wildman–Crippen MR) is 73.6 cm³/mol. The SMILES string of the molecule is CNCC(C)c1ccnn1-c1ccccc1Br. The van der Waals surface area contributed by atoms with Crippen LogP contribution in [-0.2, 0) is 0 Å². The van der Waals surface area contributed by atoms with Gasteiger partial charge in [-0.1, -0.05) is 19.1 Å². The molecule has 17 heavy (non-hydrogen) atoms. The highest BCUT2D eigenvalue weighted by Gasteiger charge is 2.13. The van der Waals surface area contributed by atoms with E-state index in [1.54, 1.807) is 0 Å². The number of nitrogens with one attached hydrogen (secondary N) is 1. The first kappa shape index (κ1) is 12.3. The molecule has 3 nitrogen and oxygen atoms in total. The van der Waals surface area contributed by atoms with Crippen LogP contribution in [0.1, 0.15) is 18.5 Å². The van der Waals surface area contributed by atoms with Crippen molar-refractivity contribution in [3.8, 4) is 5.69 Å². The first-order valence-electron chi connectivity index (χ1n) is 5.67. The average Bonchev–Trinajstić information content (AvgIpc) is 2.79. The van der Waals surface area contributed by atoms with Crippen LogP contribution in [0.5, 0.6) is 0 Å². The standard InChI is InChI=1S/C13H16BrN3/c1-10(9-15-2)12-7-8-16-17(12)13-6-4-3-5-11(13)14/h3-8,10,15H,9H2,1-2H3. The maximum Gasteiger partial charge on any atom is 0.0790 e. The summed E-state index contributed by atoms with van der Waals surface area (Å²) in [5, 5.41) is 7.61. The Bertz CT molecular complexity index is 493. The number of benzene rings is 1. The van der Waals surface area contributed by atoms with E-state index in [9.17, 15) is 0 Å². The van der Waals surface area contributed by atoms with Crippen molar-refractivity contribution in [1.82, 2.24) is 15.1 Å². The monoisotopic (exact) mass is 293 g/mol. The van der Waals surface area contributed by atoms with Crippen LogP contribution in [0.25, 0.3) is 5.69 Å². The molecular weight excluding hydrogens is 278 g/mol. The molecule has 2 rings (SSSR count). The van der Waals surface area contributed by atoms with Gasteiger partial charge in [0, 0.05) is 28.8 Å². The normalized spacial score (nSPS) is 12.6. The number of rotatable bonds is 4. The Hall–Kier alpha value is -1.13. The molecule has 0 spiro atoms. The highest BCUT2D eigenvalue weighted by molar-refractivity contribution is 9.10. The van der Waals surface area contributed by atoms with E-state index in [2.05, 4.69) is 45.4 Å². The van der Waals surface area contributed by atoms with Crippen molar-refractivity contribution in [2.75, 3.05) is 13.6 Å². The van der Waals surface area contributed by atoms with Crippen LogP contribution in [0.2, 0.25) is 0 Å². The summed E-state index contributed by atoms with van der Waals surface area (Å²) in [5.74, 6) is 0.426. The van der Waals surface area contributed by atoms with E-state index in [1.807, 2.05) is 36.1 Å². The fourth-order valence-electron chi connectivity index (χ4n) is 1.92. The molecule has 0 bridgehead atoms. The van der Waals surface area contributed by atoms with Crippen LogP contribution < -0.4 is 5.32 Å². The number of nitrogens with zero attached hydrogens (tertiary/aromatic N) is 2. The van der Waals surface area contributed by atoms with Gasteiger partial charge >= 0.3 is 0 Å². The second kappa shape index (κ2) is 5.47. The summed E-state index contributed by atoms with van der Waals surface area (Å²) in [6.45, 7) is 3.14. The van der Waals surface area contributed by atoms with Crippen molar-refractivity contribution in [3.63, 3.8) is 0 Å². The summed E-state index contributed by atoms with van der Waals surface area (Å²) in [5.41, 5.74) is 2.29. The largest absolute Gasteiger partial charge is 0.319 e. The van der Waals surface area contributed by atoms with E-state index < -0.39 is 0 Å². The molecule has 0 amide bonds. The fraction of sp³-hybridized carbons (Fsp3) is 0.308. The smallest absolute Gasteiger partial charge is 0.0790 e. The lowest BCUT2D eigenvalue weighted by Crippen LogP contribution is -2.17. The highest BCUT2D eigenvalue weighted by Crippen LogP contribution is 2.24. The minimum Gasteiger partial charge on any atom is -0.319 e. The van der Waals surface area contributed by atoms with E-state index in [-0.39, 0.29) is 0 Å². The van der Waals surface area contributed by atoms with Crippen LogP contribution >= 0.6 is 15.9 Å². The second-order valence-electron chi connectivity index (χ2n) is 4.08. The summed E-state index contributed by atoms with van der Waals surface area (Å²) in [7, 11) is 1.97. The molecule has 4 heteroatoms. The van der Waals surface area contributed by atoms with E-state index >= 15 is 0 Å². The number of hydrogen-bond donors (Lipinski definition) is 1. The van der Waals surface area contributed by atoms with Crippen molar-refractivity contribution in [2.24, 2.45) is 0 Å². The second-order valence-corrected chi connectivity index (χ2v) is 4.93. The van der Waals surface area contributed by atoms with Crippen LogP contribution in [0.3, 0.4) is 0 Å². The Morgan fingerprint density at radius 3 is 2.82 bits per heavy atom. The number of para-hydroxylation sites is 1. The van der Waals surface area contributed by atoms with Crippen molar-refractivity contribution < 1.29 is 0 Å². The van der Waals surface area contributed by atoms with Gasteiger partial charge in [-0.2, -0.15) is 5.10 Å². The third kappa shape index (κ3) is 2.58. The molecule has 0 fully saturated rings. The van der Waals surface area contributed by atoms with Crippen LogP contribution in [0.4, 0.5) is 0 Å². The third-order valence-electron chi connectivity index (χ3n) is 2.77. The minimum absolute atomic E-state index is 0.426. The quantitative estimate of drug-likeness (QED) is 0.939. The summed E-state index contributed by atoms with van der Waals surface area (Å²) in [6.07, 6.45) is 1.85. The number of aromatic nitrogens is 2. The number of likely N-dealkylation sites (N-methyl/N-ethyl adjacent to an activating group) is 1. The Balaban J connectivity index is 2.40. The maximum absolute atomic E-state index is 4.41. The summed E-state index contributed by atoms with van der Waals surface area (Å²) in [6, 6.07) is 10.2. The Kier molecular flexibility index (Phi) is 3.97. The molecule has 1 heterocycles. The average molecular weight is 294 g/mol. The number of hydrogen-bond acceptors (Lipinski definition) is 2. The van der Waals surface area contributed by atoms with Crippen molar-refractivity contribution in [1.29, 1.82) is 0 Å². The van der Waals surface area contributed by atoms with Crippen molar-refractivity contribution in [3.05, 3.63) is 46.7 Å². The molecule has 1 unspecified atom stereocenters. The first-order valence-corrected chi connectivity index (χ1v) is 6.46. The minimum atomic E-state index is 0.426. The van der Waals surface area contributed by atoms with Gasteiger partial charge in [-0.3, -0.25) is 0 Å². The molecule has 0 saturated heterocycles. The maximum atomic E-state index is 4.41. The lowest BCUT2D eigenvalue weighted by Gasteiger charge is -2.14. The number of halogens is 1. The van der Waals surface area contributed by atoms with Gasteiger partial charge in [-0.05, 0) is 41.2 Å². The van der Waals surface area contributed by atoms with Gasteiger partial charge in [0.15, 0.2) is 0 Å². The molecule has 0 aliphatic carbocycles. The van der Waals surface area contributed by atoms with Gasteiger partial charge in [0.1, 0.15) is 0 Å². The first-order chi connectivity index (χ1) is 8.24. The van der Waals surface area contributed by atoms with E-state index in [0.717, 1.165) is 16.7 Å². The Labute approximate surface area is 110 Å². The van der Waals surface area contributed by atoms with Crippen LogP contribution in [0.15, 0.2) is 41.0 Å². The molecule has 90 valence electrons.